The molecule has 1 heterocycles. The van der Waals surface area contributed by atoms with Gasteiger partial charge < -0.3 is 5.32 Å². The van der Waals surface area contributed by atoms with Gasteiger partial charge in [0.1, 0.15) is 5.82 Å². The Morgan fingerprint density at radius 1 is 1.04 bits per heavy atom. The van der Waals surface area contributed by atoms with E-state index in [2.05, 4.69) is 15.3 Å². The lowest BCUT2D eigenvalue weighted by Gasteiger charge is -2.18. The maximum absolute atomic E-state index is 13.0. The summed E-state index contributed by atoms with van der Waals surface area (Å²) >= 11 is 0. The first-order chi connectivity index (χ1) is 12.4. The molecule has 1 saturated carbocycles. The number of carbonyl (C=O) groups is 2. The minimum absolute atomic E-state index is 0.0169. The third kappa shape index (κ3) is 3.90. The van der Waals surface area contributed by atoms with Gasteiger partial charge >= 0.3 is 12.3 Å². The molecule has 0 saturated heterocycles. The van der Waals surface area contributed by atoms with Gasteiger partial charge in [-0.3, -0.25) is 20.4 Å². The Labute approximate surface area is 146 Å². The van der Waals surface area contributed by atoms with Crippen molar-refractivity contribution >= 4 is 17.8 Å². The summed E-state index contributed by atoms with van der Waals surface area (Å²) in [4.78, 5) is 30.5. The van der Waals surface area contributed by atoms with Gasteiger partial charge in [-0.25, -0.2) is 14.4 Å². The van der Waals surface area contributed by atoms with Crippen LogP contribution in [-0.2, 0) is 10.3 Å². The largest absolute Gasteiger partial charge is 0.345 e. The van der Waals surface area contributed by atoms with Crippen LogP contribution < -0.4 is 16.2 Å². The molecule has 3 rings (SSSR count). The number of amides is 2. The Balaban J connectivity index is 1.62. The average Bonchev–Trinajstić information content (AvgIpc) is 3.41. The van der Waals surface area contributed by atoms with Crippen LogP contribution in [0.4, 0.5) is 19.1 Å². The van der Waals surface area contributed by atoms with Crippen molar-refractivity contribution in [3.63, 3.8) is 0 Å². The summed E-state index contributed by atoms with van der Waals surface area (Å²) in [5, 5.41) is 3.15. The molecule has 1 aromatic heterocycles. The number of halogens is 3. The molecule has 1 aliphatic rings. The minimum atomic E-state index is -3.24. The van der Waals surface area contributed by atoms with Gasteiger partial charge in [0.15, 0.2) is 0 Å². The van der Waals surface area contributed by atoms with Crippen molar-refractivity contribution in [2.45, 2.75) is 24.8 Å². The van der Waals surface area contributed by atoms with Crippen LogP contribution in [0.15, 0.2) is 36.7 Å². The fraction of sp³-hybridized carbons (Fsp3) is 0.250. The van der Waals surface area contributed by atoms with Crippen LogP contribution in [0.5, 0.6) is 0 Å². The number of hydrazine groups is 1. The topological polar surface area (TPSA) is 96.0 Å². The molecule has 10 heteroatoms. The molecule has 0 radical (unpaired) electrons. The molecule has 0 spiro atoms. The third-order valence-corrected chi connectivity index (χ3v) is 3.91. The van der Waals surface area contributed by atoms with Crippen molar-refractivity contribution in [1.82, 2.24) is 20.8 Å². The van der Waals surface area contributed by atoms with Crippen molar-refractivity contribution in [2.24, 2.45) is 0 Å². The molecule has 3 N–H and O–H groups in total. The van der Waals surface area contributed by atoms with Crippen LogP contribution in [0.3, 0.4) is 0 Å². The van der Waals surface area contributed by atoms with Crippen LogP contribution in [0, 0.1) is 5.82 Å². The van der Waals surface area contributed by atoms with E-state index >= 15 is 0 Å². The van der Waals surface area contributed by atoms with E-state index in [1.54, 1.807) is 17.6 Å². The van der Waals surface area contributed by atoms with Gasteiger partial charge in [0.25, 0.3) is 5.91 Å². The number of hydrogen-bond acceptors (Lipinski definition) is 5. The molecular formula is C16H14F3N5O2. The summed E-state index contributed by atoms with van der Waals surface area (Å²) < 4.78 is 37.1. The molecule has 7 nitrogen and oxygen atoms in total. The van der Waals surface area contributed by atoms with E-state index in [4.69, 9.17) is 0 Å². The molecular weight excluding hydrogens is 351 g/mol. The summed E-state index contributed by atoms with van der Waals surface area (Å²) in [6.07, 6.45) is 0.799. The molecule has 2 amide bonds. The minimum Gasteiger partial charge on any atom is -0.345 e. The fourth-order valence-electron chi connectivity index (χ4n) is 2.35. The van der Waals surface area contributed by atoms with E-state index in [-0.39, 0.29) is 22.9 Å². The van der Waals surface area contributed by atoms with E-state index in [1.165, 1.54) is 24.5 Å². The predicted octanol–water partition coefficient (Wildman–Crippen LogP) is 1.74. The number of rotatable bonds is 5. The molecule has 1 aromatic carbocycles. The summed E-state index contributed by atoms with van der Waals surface area (Å²) in [5.41, 5.74) is 3.93. The Kier molecular flexibility index (Phi) is 4.74. The number of nitrogens with zero attached hydrogens (tertiary/aromatic N) is 2. The van der Waals surface area contributed by atoms with Crippen LogP contribution >= 0.6 is 0 Å². The summed E-state index contributed by atoms with van der Waals surface area (Å²) in [7, 11) is 0. The van der Waals surface area contributed by atoms with E-state index in [0.29, 0.717) is 0 Å². The van der Waals surface area contributed by atoms with Crippen LogP contribution in [-0.4, -0.2) is 28.2 Å². The summed E-state index contributed by atoms with van der Waals surface area (Å²) in [5.74, 6) is -2.51. The molecule has 0 bridgehead atoms. The van der Waals surface area contributed by atoms with Crippen molar-refractivity contribution < 1.29 is 22.8 Å². The van der Waals surface area contributed by atoms with Crippen molar-refractivity contribution in [3.8, 4) is 0 Å². The van der Waals surface area contributed by atoms with Gasteiger partial charge in [0, 0.05) is 12.4 Å². The van der Waals surface area contributed by atoms with E-state index in [1.807, 2.05) is 5.43 Å². The fourth-order valence-corrected chi connectivity index (χ4v) is 2.35. The van der Waals surface area contributed by atoms with Gasteiger partial charge in [-0.1, -0.05) is 12.1 Å². The highest BCUT2D eigenvalue weighted by Gasteiger charge is 2.45. The number of aromatic nitrogens is 2. The molecule has 26 heavy (non-hydrogen) atoms. The molecule has 136 valence electrons. The summed E-state index contributed by atoms with van der Waals surface area (Å²) in [6, 6.07) is 6.11. The highest BCUT2D eigenvalue weighted by atomic mass is 19.3. The second-order valence-electron chi connectivity index (χ2n) is 5.75. The maximum Gasteiger partial charge on any atom is 0.317 e. The second-order valence-corrected chi connectivity index (χ2v) is 5.75. The number of nitrogens with one attached hydrogen (secondary N) is 3. The summed E-state index contributed by atoms with van der Waals surface area (Å²) in [6.45, 7) is 0. The zero-order valence-corrected chi connectivity index (χ0v) is 13.3. The third-order valence-electron chi connectivity index (χ3n) is 3.91. The Morgan fingerprint density at radius 2 is 1.65 bits per heavy atom. The normalized spacial score (nSPS) is 14.6. The first-order valence-electron chi connectivity index (χ1n) is 7.64. The number of benzene rings is 1. The van der Waals surface area contributed by atoms with Gasteiger partial charge in [-0.05, 0) is 30.5 Å². The standard InChI is InChI=1S/C16H14F3N5O2/c17-11-3-1-10(2-4-11)16(5-6-16)22-15-20-7-9(8-21-15)13(25)23-24-14(26)12(18)19/h1-4,7-8,12H,5-6H2,(H,23,25)(H,24,26)(H,20,21,22). The van der Waals surface area contributed by atoms with Crippen LogP contribution in [0.2, 0.25) is 0 Å². The first-order valence-corrected chi connectivity index (χ1v) is 7.64. The molecule has 0 atom stereocenters. The van der Waals surface area contributed by atoms with Crippen molar-refractivity contribution in [3.05, 3.63) is 53.6 Å². The van der Waals surface area contributed by atoms with Crippen molar-refractivity contribution in [1.29, 1.82) is 0 Å². The Morgan fingerprint density at radius 3 is 2.19 bits per heavy atom. The molecule has 1 fully saturated rings. The van der Waals surface area contributed by atoms with Gasteiger partial charge in [0.05, 0.1) is 11.1 Å². The lowest BCUT2D eigenvalue weighted by molar-refractivity contribution is -0.132. The number of alkyl halides is 2. The zero-order chi connectivity index (χ0) is 18.7. The molecule has 1 aliphatic carbocycles. The predicted molar refractivity (Wildman–Crippen MR) is 84.6 cm³/mol. The van der Waals surface area contributed by atoms with Gasteiger partial charge in [-0.2, -0.15) is 8.78 Å². The zero-order valence-electron chi connectivity index (χ0n) is 13.3. The van der Waals surface area contributed by atoms with E-state index in [9.17, 15) is 22.8 Å². The number of hydrogen-bond donors (Lipinski definition) is 3. The van der Waals surface area contributed by atoms with Gasteiger partial charge in [0.2, 0.25) is 5.95 Å². The lowest BCUT2D eigenvalue weighted by atomic mass is 10.1. The van der Waals surface area contributed by atoms with Crippen molar-refractivity contribution in [2.75, 3.05) is 5.32 Å². The quantitative estimate of drug-likeness (QED) is 0.702. The molecule has 0 aliphatic heterocycles. The SMILES string of the molecule is O=C(NNC(=O)C(F)F)c1cnc(NC2(c3ccc(F)cc3)CC2)nc1. The van der Waals surface area contributed by atoms with E-state index < -0.39 is 18.2 Å². The number of anilines is 1. The number of carbonyl (C=O) groups excluding carboxylic acids is 2. The average molecular weight is 365 g/mol. The van der Waals surface area contributed by atoms with Crippen LogP contribution in [0.25, 0.3) is 0 Å². The highest BCUT2D eigenvalue weighted by molar-refractivity contribution is 5.95. The second kappa shape index (κ2) is 6.98. The van der Waals surface area contributed by atoms with E-state index in [0.717, 1.165) is 18.4 Å². The highest BCUT2D eigenvalue weighted by Crippen LogP contribution is 2.47. The monoisotopic (exact) mass is 365 g/mol. The molecule has 2 aromatic rings. The van der Waals surface area contributed by atoms with Crippen LogP contribution in [0.1, 0.15) is 28.8 Å². The maximum atomic E-state index is 13.0. The smallest absolute Gasteiger partial charge is 0.317 e. The lowest BCUT2D eigenvalue weighted by Crippen LogP contribution is -2.44. The molecule has 0 unspecified atom stereocenters. The Hall–Kier alpha value is -3.17. The van der Waals surface area contributed by atoms with Gasteiger partial charge in [-0.15, -0.1) is 0 Å². The Bertz CT molecular complexity index is 808. The first kappa shape index (κ1) is 17.6.